The first kappa shape index (κ1) is 36.8. The van der Waals surface area contributed by atoms with Crippen molar-refractivity contribution in [1.82, 2.24) is 19.1 Å². The Balaban J connectivity index is 1.30. The van der Waals surface area contributed by atoms with Crippen molar-refractivity contribution in [3.8, 4) is 0 Å². The highest BCUT2D eigenvalue weighted by Crippen LogP contribution is 2.29. The number of rotatable bonds is 6. The molecule has 0 saturated carbocycles. The smallest absolute Gasteiger partial charge is 0.410 e. The molecule has 0 aliphatic carbocycles. The van der Waals surface area contributed by atoms with Gasteiger partial charge in [0.1, 0.15) is 18.0 Å². The zero-order valence-electron chi connectivity index (χ0n) is 29.0. The maximum absolute atomic E-state index is 15.0. The first-order valence-corrected chi connectivity index (χ1v) is 18.1. The number of ether oxygens (including phenoxy) is 2. The van der Waals surface area contributed by atoms with E-state index in [1.807, 2.05) is 70.4 Å². The number of amides is 1. The second-order valence-corrected chi connectivity index (χ2v) is 14.7. The Labute approximate surface area is 294 Å². The number of piperazine rings is 2. The molecule has 0 bridgehead atoms. The first-order chi connectivity index (χ1) is 23.5. The summed E-state index contributed by atoms with van der Waals surface area (Å²) in [5, 5.41) is 10.7. The second kappa shape index (κ2) is 17.5. The number of carbonyl (C=O) groups is 2. The number of pyridine rings is 1. The Kier molecular flexibility index (Phi) is 13.1. The van der Waals surface area contributed by atoms with Crippen LogP contribution in [0.2, 0.25) is 0 Å². The van der Waals surface area contributed by atoms with Crippen molar-refractivity contribution in [1.29, 1.82) is 0 Å². The van der Waals surface area contributed by atoms with Crippen molar-refractivity contribution in [2.45, 2.75) is 63.2 Å². The summed E-state index contributed by atoms with van der Waals surface area (Å²) in [5.74, 6) is -1.18. The van der Waals surface area contributed by atoms with Crippen molar-refractivity contribution in [2.75, 3.05) is 64.3 Å². The highest BCUT2D eigenvalue weighted by Gasteiger charge is 2.29. The predicted octanol–water partition coefficient (Wildman–Crippen LogP) is 5.49. The zero-order valence-corrected chi connectivity index (χ0v) is 29.9. The largest absolute Gasteiger partial charge is 0.457 e. The lowest BCUT2D eigenvalue weighted by Crippen LogP contribution is -2.48. The molecule has 1 aromatic carbocycles. The van der Waals surface area contributed by atoms with Gasteiger partial charge in [-0.2, -0.15) is 0 Å². The lowest BCUT2D eigenvalue weighted by Gasteiger charge is -2.35. The normalized spacial score (nSPS) is 27.5. The highest BCUT2D eigenvalue weighted by atomic mass is 32.2. The minimum absolute atomic E-state index is 0.0680. The number of hydrogen-bond donors (Lipinski definition) is 1. The topological polar surface area (TPSA) is 98.7 Å². The summed E-state index contributed by atoms with van der Waals surface area (Å²) in [6, 6.07) is 8.98. The van der Waals surface area contributed by atoms with Crippen molar-refractivity contribution in [2.24, 2.45) is 11.8 Å². The van der Waals surface area contributed by atoms with Crippen molar-refractivity contribution in [3.63, 3.8) is 0 Å². The maximum Gasteiger partial charge on any atom is 0.410 e. The van der Waals surface area contributed by atoms with Crippen LogP contribution in [-0.2, 0) is 14.3 Å². The van der Waals surface area contributed by atoms with Crippen LogP contribution in [0.15, 0.2) is 65.3 Å². The molecule has 3 aliphatic heterocycles. The van der Waals surface area contributed by atoms with E-state index in [2.05, 4.69) is 19.1 Å². The molecule has 0 unspecified atom stereocenters. The van der Waals surface area contributed by atoms with E-state index in [1.54, 1.807) is 29.1 Å². The van der Waals surface area contributed by atoms with E-state index in [-0.39, 0.29) is 30.2 Å². The van der Waals surface area contributed by atoms with Gasteiger partial charge in [-0.3, -0.25) is 9.78 Å². The summed E-state index contributed by atoms with van der Waals surface area (Å²) in [5.41, 5.74) is 2.21. The van der Waals surface area contributed by atoms with E-state index in [0.717, 1.165) is 55.4 Å². The predicted molar refractivity (Wildman–Crippen MR) is 190 cm³/mol. The van der Waals surface area contributed by atoms with E-state index in [1.165, 1.54) is 6.07 Å². The monoisotopic (exact) mass is 695 g/mol. The Bertz CT molecular complexity index is 1460. The SMILES string of the molecule is C/C(=C\c1cc(F)cc(N2CCN(Sc3cccnc3)CC2)c1)[C@H]1OC(=O)C[C@H](O)CC[C@H](C)[C@@H](OC(=O)N2CCN(C)CC2)/C=C/[C@@H]1C. The first-order valence-electron chi connectivity index (χ1n) is 17.3. The quantitative estimate of drug-likeness (QED) is 0.237. The fourth-order valence-electron chi connectivity index (χ4n) is 6.42. The summed E-state index contributed by atoms with van der Waals surface area (Å²) in [7, 11) is 2.03. The zero-order chi connectivity index (χ0) is 34.9. The number of aliphatic hydroxyl groups is 1. The van der Waals surface area contributed by atoms with Gasteiger partial charge < -0.3 is 29.3 Å². The molecular weight excluding hydrogens is 646 g/mol. The van der Waals surface area contributed by atoms with Gasteiger partial charge in [0.25, 0.3) is 0 Å². The summed E-state index contributed by atoms with van der Waals surface area (Å²) in [6.45, 7) is 11.8. The van der Waals surface area contributed by atoms with Gasteiger partial charge >= 0.3 is 12.1 Å². The van der Waals surface area contributed by atoms with Crippen LogP contribution in [0.1, 0.15) is 45.6 Å². The third-order valence-electron chi connectivity index (χ3n) is 9.48. The maximum atomic E-state index is 15.0. The van der Waals surface area contributed by atoms with Crippen LogP contribution in [0.4, 0.5) is 14.9 Å². The highest BCUT2D eigenvalue weighted by molar-refractivity contribution is 7.97. The number of anilines is 1. The summed E-state index contributed by atoms with van der Waals surface area (Å²) < 4.78 is 29.3. The van der Waals surface area contributed by atoms with Crippen molar-refractivity contribution < 1.29 is 28.6 Å². The number of benzene rings is 1. The number of esters is 1. The molecule has 0 spiro atoms. The molecule has 2 aromatic rings. The fourth-order valence-corrected chi connectivity index (χ4v) is 7.32. The third-order valence-corrected chi connectivity index (χ3v) is 10.6. The molecule has 10 nitrogen and oxygen atoms in total. The van der Waals surface area contributed by atoms with E-state index < -0.39 is 24.3 Å². The number of aromatic nitrogens is 1. The van der Waals surface area contributed by atoms with Gasteiger partial charge in [0.15, 0.2) is 0 Å². The van der Waals surface area contributed by atoms with Crippen LogP contribution < -0.4 is 4.90 Å². The third kappa shape index (κ3) is 10.8. The Hall–Kier alpha value is -3.45. The van der Waals surface area contributed by atoms with Gasteiger partial charge in [0.05, 0.1) is 12.5 Å². The molecular formula is C37H50FN5O5S. The number of hydrogen-bond acceptors (Lipinski definition) is 10. The fraction of sp³-hybridized carbons (Fsp3) is 0.541. The van der Waals surface area contributed by atoms with Crippen LogP contribution in [0, 0.1) is 17.7 Å². The molecule has 12 heteroatoms. The summed E-state index contributed by atoms with van der Waals surface area (Å²) in [4.78, 5) is 37.5. The number of likely N-dealkylation sites (N-methyl/N-ethyl adjacent to an activating group) is 1. The second-order valence-electron chi connectivity index (χ2n) is 13.5. The van der Waals surface area contributed by atoms with Crippen LogP contribution in [0.5, 0.6) is 0 Å². The minimum Gasteiger partial charge on any atom is -0.457 e. The van der Waals surface area contributed by atoms with Gasteiger partial charge in [-0.05, 0) is 92.2 Å². The van der Waals surface area contributed by atoms with E-state index in [9.17, 15) is 14.7 Å². The summed E-state index contributed by atoms with van der Waals surface area (Å²) in [6.07, 6.45) is 7.74. The lowest BCUT2D eigenvalue weighted by atomic mass is 9.91. The molecule has 1 aromatic heterocycles. The molecule has 4 heterocycles. The number of cyclic esters (lactones) is 1. The number of nitrogens with zero attached hydrogens (tertiary/aromatic N) is 5. The molecule has 1 N–H and O–H groups in total. The molecule has 2 fully saturated rings. The van der Waals surface area contributed by atoms with Crippen molar-refractivity contribution >= 4 is 35.8 Å². The number of carbonyl (C=O) groups excluding carboxylic acids is 2. The van der Waals surface area contributed by atoms with E-state index in [0.29, 0.717) is 31.5 Å². The Morgan fingerprint density at radius 1 is 1.06 bits per heavy atom. The van der Waals surface area contributed by atoms with E-state index >= 15 is 4.39 Å². The summed E-state index contributed by atoms with van der Waals surface area (Å²) >= 11 is 1.68. The molecule has 0 radical (unpaired) electrons. The average Bonchev–Trinajstić information content (AvgIpc) is 3.08. The molecule has 2 saturated heterocycles. The van der Waals surface area contributed by atoms with Gasteiger partial charge in [-0.1, -0.05) is 26.0 Å². The van der Waals surface area contributed by atoms with Crippen LogP contribution >= 0.6 is 11.9 Å². The van der Waals surface area contributed by atoms with E-state index in [4.69, 9.17) is 9.47 Å². The van der Waals surface area contributed by atoms with Gasteiger partial charge in [0, 0.05) is 81.3 Å². The Morgan fingerprint density at radius 2 is 1.82 bits per heavy atom. The van der Waals surface area contributed by atoms with Gasteiger partial charge in [0.2, 0.25) is 0 Å². The van der Waals surface area contributed by atoms with Gasteiger partial charge in [-0.25, -0.2) is 13.5 Å². The number of aliphatic hydroxyl groups excluding tert-OH is 1. The van der Waals surface area contributed by atoms with Crippen molar-refractivity contribution in [3.05, 3.63) is 71.8 Å². The number of halogens is 1. The standard InChI is InChI=1S/C37H50FN5O5S/c1-26-7-9-32(44)24-35(45)48-36(27(2)8-10-34(26)47-37(46)42-14-12-40(4)13-15-42)28(3)20-29-21-30(38)23-31(22-29)41-16-18-43(19-17-41)49-33-6-5-11-39-25-33/h5-6,8,10-11,20-23,25-27,32,34,36,44H,7,9,12-19,24H2,1-4H3/b10-8+,28-20+/t26-,27-,32+,34-,36-/m0/s1. The molecule has 49 heavy (non-hydrogen) atoms. The molecule has 5 rings (SSSR count). The molecule has 1 amide bonds. The lowest BCUT2D eigenvalue weighted by molar-refractivity contribution is -0.151. The molecule has 3 aliphatic rings. The molecule has 266 valence electrons. The Morgan fingerprint density at radius 3 is 2.53 bits per heavy atom. The van der Waals surface area contributed by atoms with Crippen LogP contribution in [-0.4, -0.2) is 114 Å². The average molecular weight is 696 g/mol. The minimum atomic E-state index is -0.874. The molecule has 5 atom stereocenters. The van der Waals surface area contributed by atoms with Crippen LogP contribution in [0.25, 0.3) is 6.08 Å². The van der Waals surface area contributed by atoms with Gasteiger partial charge in [-0.15, -0.1) is 0 Å². The van der Waals surface area contributed by atoms with Crippen LogP contribution in [0.3, 0.4) is 0 Å².